The first-order chi connectivity index (χ1) is 16.0. The Kier molecular flexibility index (Phi) is 6.92. The fourth-order valence-electron chi connectivity index (χ4n) is 3.36. The first-order valence-electron chi connectivity index (χ1n) is 9.97. The second-order valence-corrected chi connectivity index (χ2v) is 9.31. The molecular formula is C25H17BrFN3O2S. The minimum Gasteiger partial charge on any atom is -0.321 e. The van der Waals surface area contributed by atoms with Crippen LogP contribution in [0.15, 0.2) is 93.9 Å². The summed E-state index contributed by atoms with van der Waals surface area (Å²) in [6.07, 6.45) is 0.446. The van der Waals surface area contributed by atoms with Gasteiger partial charge in [0.05, 0.1) is 5.25 Å². The third-order valence-electron chi connectivity index (χ3n) is 4.96. The Bertz CT molecular complexity index is 1260. The molecule has 0 aromatic heterocycles. The summed E-state index contributed by atoms with van der Waals surface area (Å²) in [6, 6.07) is 23.8. The van der Waals surface area contributed by atoms with E-state index in [-0.39, 0.29) is 16.5 Å². The largest absolute Gasteiger partial charge is 0.321 e. The molecule has 3 aromatic rings. The number of nitrogens with one attached hydrogen (secondary N) is 1. The maximum Gasteiger partial charge on any atom is 0.269 e. The number of anilines is 2. The predicted octanol–water partition coefficient (Wildman–Crippen LogP) is 5.65. The van der Waals surface area contributed by atoms with Crippen molar-refractivity contribution < 1.29 is 14.0 Å². The lowest BCUT2D eigenvalue weighted by Crippen LogP contribution is -2.30. The van der Waals surface area contributed by atoms with Crippen molar-refractivity contribution in [3.05, 3.63) is 105 Å². The van der Waals surface area contributed by atoms with E-state index in [2.05, 4.69) is 21.2 Å². The van der Waals surface area contributed by atoms with Crippen molar-refractivity contribution in [2.45, 2.75) is 11.7 Å². The Balaban J connectivity index is 1.70. The van der Waals surface area contributed by atoms with Gasteiger partial charge in [0, 0.05) is 15.8 Å². The van der Waals surface area contributed by atoms with E-state index < -0.39 is 17.0 Å². The minimum atomic E-state index is -0.662. The molecule has 3 aromatic carbocycles. The first-order valence-corrected chi connectivity index (χ1v) is 11.6. The lowest BCUT2D eigenvalue weighted by atomic mass is 10.1. The van der Waals surface area contributed by atoms with Crippen LogP contribution in [0.5, 0.6) is 0 Å². The molecule has 33 heavy (non-hydrogen) atoms. The summed E-state index contributed by atoms with van der Waals surface area (Å²) in [5, 5.41) is 12.2. The molecule has 1 aliphatic heterocycles. The molecule has 1 atom stereocenters. The number of carbonyl (C=O) groups is 2. The third kappa shape index (κ3) is 5.16. The van der Waals surface area contributed by atoms with Gasteiger partial charge in [-0.1, -0.05) is 58.0 Å². The Morgan fingerprint density at radius 1 is 1.06 bits per heavy atom. The van der Waals surface area contributed by atoms with Gasteiger partial charge in [0.15, 0.2) is 0 Å². The van der Waals surface area contributed by atoms with Crippen molar-refractivity contribution >= 4 is 50.9 Å². The third-order valence-corrected chi connectivity index (χ3v) is 6.75. The van der Waals surface area contributed by atoms with E-state index in [9.17, 15) is 19.2 Å². The molecular weight excluding hydrogens is 505 g/mol. The van der Waals surface area contributed by atoms with Gasteiger partial charge in [-0.3, -0.25) is 14.5 Å². The molecule has 0 bridgehead atoms. The lowest BCUT2D eigenvalue weighted by Gasteiger charge is -2.18. The van der Waals surface area contributed by atoms with Gasteiger partial charge in [-0.2, -0.15) is 5.26 Å². The second kappa shape index (κ2) is 10.0. The standard InChI is InChI=1S/C25H17BrFN3O2S/c26-17-8-6-16(7-9-17)14-22-24(32)30(20-4-2-1-3-5-20)25(33-22)21(15-28)23(31)29-19-12-10-18(27)11-13-19/h1-13,22H,14H2,(H,29,31)/b25-21-/t22-/m1/s1. The molecule has 1 aliphatic rings. The predicted molar refractivity (Wildman–Crippen MR) is 131 cm³/mol. The molecule has 0 radical (unpaired) electrons. The molecule has 0 aliphatic carbocycles. The second-order valence-electron chi connectivity index (χ2n) is 7.20. The molecule has 1 saturated heterocycles. The number of halogens is 2. The molecule has 5 nitrogen and oxygen atoms in total. The summed E-state index contributed by atoms with van der Waals surface area (Å²) >= 11 is 4.60. The van der Waals surface area contributed by atoms with Crippen molar-refractivity contribution in [3.8, 4) is 6.07 Å². The highest BCUT2D eigenvalue weighted by Crippen LogP contribution is 2.42. The van der Waals surface area contributed by atoms with Crippen molar-refractivity contribution in [2.75, 3.05) is 10.2 Å². The summed E-state index contributed by atoms with van der Waals surface area (Å²) in [5.41, 5.74) is 1.71. The van der Waals surface area contributed by atoms with Gasteiger partial charge in [-0.05, 0) is 60.5 Å². The van der Waals surface area contributed by atoms with E-state index in [0.717, 1.165) is 10.0 Å². The van der Waals surface area contributed by atoms with Crippen LogP contribution < -0.4 is 10.2 Å². The van der Waals surface area contributed by atoms with Crippen LogP contribution in [0.25, 0.3) is 0 Å². The number of benzene rings is 3. The smallest absolute Gasteiger partial charge is 0.269 e. The molecule has 2 amide bonds. The number of rotatable bonds is 5. The van der Waals surface area contributed by atoms with Crippen LogP contribution in [0.3, 0.4) is 0 Å². The zero-order valence-corrected chi connectivity index (χ0v) is 19.6. The molecule has 164 valence electrons. The monoisotopic (exact) mass is 521 g/mol. The highest BCUT2D eigenvalue weighted by atomic mass is 79.9. The van der Waals surface area contributed by atoms with Gasteiger partial charge in [-0.25, -0.2) is 4.39 Å². The molecule has 0 saturated carbocycles. The van der Waals surface area contributed by atoms with Crippen LogP contribution >= 0.6 is 27.7 Å². The van der Waals surface area contributed by atoms with Crippen LogP contribution in [0.4, 0.5) is 15.8 Å². The van der Waals surface area contributed by atoms with E-state index in [1.54, 1.807) is 24.3 Å². The van der Waals surface area contributed by atoms with Gasteiger partial charge in [0.2, 0.25) is 5.91 Å². The van der Waals surface area contributed by atoms with Crippen molar-refractivity contribution in [1.82, 2.24) is 0 Å². The lowest BCUT2D eigenvalue weighted by molar-refractivity contribution is -0.117. The number of thioether (sulfide) groups is 1. The molecule has 4 rings (SSSR count). The zero-order valence-electron chi connectivity index (χ0n) is 17.2. The topological polar surface area (TPSA) is 73.2 Å². The van der Waals surface area contributed by atoms with Gasteiger partial charge >= 0.3 is 0 Å². The molecule has 1 N–H and O–H groups in total. The highest BCUT2D eigenvalue weighted by Gasteiger charge is 2.40. The number of hydrogen-bond donors (Lipinski definition) is 1. The van der Waals surface area contributed by atoms with E-state index in [4.69, 9.17) is 0 Å². The normalized spacial score (nSPS) is 16.9. The van der Waals surface area contributed by atoms with Crippen LogP contribution in [0.2, 0.25) is 0 Å². The van der Waals surface area contributed by atoms with E-state index in [1.165, 1.54) is 40.9 Å². The maximum absolute atomic E-state index is 13.4. The minimum absolute atomic E-state index is 0.181. The van der Waals surface area contributed by atoms with Crippen molar-refractivity contribution in [1.29, 1.82) is 5.26 Å². The maximum atomic E-state index is 13.4. The number of hydrogen-bond acceptors (Lipinski definition) is 4. The molecule has 1 fully saturated rings. The van der Waals surface area contributed by atoms with Crippen LogP contribution in [0, 0.1) is 17.1 Å². The Labute approximate surface area is 203 Å². The molecule has 8 heteroatoms. The van der Waals surface area contributed by atoms with Crippen molar-refractivity contribution in [2.24, 2.45) is 0 Å². The summed E-state index contributed by atoms with van der Waals surface area (Å²) in [5.74, 6) is -1.30. The number of amides is 2. The van der Waals surface area contributed by atoms with Gasteiger partial charge in [-0.15, -0.1) is 0 Å². The van der Waals surface area contributed by atoms with Gasteiger partial charge in [0.1, 0.15) is 22.5 Å². The number of para-hydroxylation sites is 1. The van der Waals surface area contributed by atoms with Crippen LogP contribution in [-0.4, -0.2) is 17.1 Å². The van der Waals surface area contributed by atoms with E-state index in [1.807, 2.05) is 36.4 Å². The fraction of sp³-hybridized carbons (Fsp3) is 0.0800. The summed E-state index contributed by atoms with van der Waals surface area (Å²) in [7, 11) is 0. The van der Waals surface area contributed by atoms with Crippen LogP contribution in [0.1, 0.15) is 5.56 Å². The Morgan fingerprint density at radius 2 is 1.73 bits per heavy atom. The average molecular weight is 522 g/mol. The van der Waals surface area contributed by atoms with Gasteiger partial charge < -0.3 is 5.32 Å². The van der Waals surface area contributed by atoms with Gasteiger partial charge in [0.25, 0.3) is 5.91 Å². The van der Waals surface area contributed by atoms with E-state index in [0.29, 0.717) is 17.8 Å². The molecule has 0 unspecified atom stereocenters. The number of nitrogens with zero attached hydrogens (tertiary/aromatic N) is 2. The fourth-order valence-corrected chi connectivity index (χ4v) is 4.93. The zero-order chi connectivity index (χ0) is 23.4. The number of nitriles is 1. The summed E-state index contributed by atoms with van der Waals surface area (Å²) in [6.45, 7) is 0. The highest BCUT2D eigenvalue weighted by molar-refractivity contribution is 9.10. The van der Waals surface area contributed by atoms with Crippen LogP contribution in [-0.2, 0) is 16.0 Å². The molecule has 0 spiro atoms. The quantitative estimate of drug-likeness (QED) is 0.347. The first kappa shape index (κ1) is 22.8. The Morgan fingerprint density at radius 3 is 2.36 bits per heavy atom. The average Bonchev–Trinajstić information content (AvgIpc) is 3.13. The molecule has 1 heterocycles. The van der Waals surface area contributed by atoms with E-state index >= 15 is 0 Å². The summed E-state index contributed by atoms with van der Waals surface area (Å²) in [4.78, 5) is 27.8. The van der Waals surface area contributed by atoms with Crippen molar-refractivity contribution in [3.63, 3.8) is 0 Å². The Hall–Kier alpha value is -3.41. The summed E-state index contributed by atoms with van der Waals surface area (Å²) < 4.78 is 14.1. The number of carbonyl (C=O) groups excluding carboxylic acids is 2. The SMILES string of the molecule is N#C/C(C(=O)Nc1ccc(F)cc1)=C1/S[C@H](Cc2ccc(Br)cc2)C(=O)N1c1ccccc1.